The summed E-state index contributed by atoms with van der Waals surface area (Å²) in [5.74, 6) is 0.772. The fourth-order valence-corrected chi connectivity index (χ4v) is 4.26. The standard InChI is InChI=1S/C20H24ClN5O2/c1-25(16-3-2-4-17(20(16)28)26-10-9-22-12-26)19(27)8-7-18-23-14-6-5-13(21)11-15(14)24-18/h5-6,9-12,16-17,20,28H,2-4,7-8H2,1H3,(H,23,24)/t16-,17-,20-/m1/s1. The zero-order chi connectivity index (χ0) is 19.7. The van der Waals surface area contributed by atoms with E-state index in [-0.39, 0.29) is 18.0 Å². The molecule has 2 aromatic heterocycles. The van der Waals surface area contributed by atoms with Crippen LogP contribution in [-0.2, 0) is 11.2 Å². The van der Waals surface area contributed by atoms with Gasteiger partial charge in [-0.05, 0) is 37.5 Å². The average molecular weight is 402 g/mol. The van der Waals surface area contributed by atoms with Gasteiger partial charge in [-0.3, -0.25) is 4.79 Å². The Morgan fingerprint density at radius 2 is 2.29 bits per heavy atom. The molecule has 0 saturated heterocycles. The van der Waals surface area contributed by atoms with Crippen LogP contribution >= 0.6 is 11.6 Å². The Balaban J connectivity index is 1.39. The molecule has 3 aromatic rings. The third-order valence-electron chi connectivity index (χ3n) is 5.66. The van der Waals surface area contributed by atoms with Crippen LogP contribution in [0.3, 0.4) is 0 Å². The fourth-order valence-electron chi connectivity index (χ4n) is 4.09. The molecule has 1 aliphatic rings. The number of aromatic nitrogens is 4. The summed E-state index contributed by atoms with van der Waals surface area (Å²) in [4.78, 5) is 26.3. The molecule has 1 aliphatic carbocycles. The number of carbonyl (C=O) groups excluding carboxylic acids is 1. The van der Waals surface area contributed by atoms with Gasteiger partial charge < -0.3 is 19.6 Å². The first-order valence-electron chi connectivity index (χ1n) is 9.58. The van der Waals surface area contributed by atoms with Crippen molar-refractivity contribution in [2.45, 2.75) is 50.3 Å². The smallest absolute Gasteiger partial charge is 0.223 e. The molecular weight excluding hydrogens is 378 g/mol. The number of carbonyl (C=O) groups is 1. The molecule has 0 bridgehead atoms. The number of likely N-dealkylation sites (N-methyl/N-ethyl adjacent to an activating group) is 1. The van der Waals surface area contributed by atoms with Crippen molar-refractivity contribution in [3.63, 3.8) is 0 Å². The molecular formula is C20H24ClN5O2. The number of aliphatic hydroxyl groups excluding tert-OH is 1. The van der Waals surface area contributed by atoms with Crippen molar-refractivity contribution in [2.24, 2.45) is 0 Å². The predicted octanol–water partition coefficient (Wildman–Crippen LogP) is 2.96. The Hall–Kier alpha value is -2.38. The number of nitrogens with one attached hydrogen (secondary N) is 1. The number of fused-ring (bicyclic) bond motifs is 1. The number of hydrogen-bond acceptors (Lipinski definition) is 4. The molecule has 1 fully saturated rings. The minimum absolute atomic E-state index is 0.00817. The van der Waals surface area contributed by atoms with Crippen LogP contribution in [0.4, 0.5) is 0 Å². The second kappa shape index (κ2) is 7.93. The van der Waals surface area contributed by atoms with Crippen LogP contribution in [-0.4, -0.2) is 54.6 Å². The highest BCUT2D eigenvalue weighted by atomic mass is 35.5. The SMILES string of the molecule is CN(C(=O)CCc1nc2ccc(Cl)cc2[nH]1)[C@@H]1CCC[C@@H](n2ccnc2)[C@@H]1O. The van der Waals surface area contributed by atoms with E-state index in [1.807, 2.05) is 22.9 Å². The van der Waals surface area contributed by atoms with Crippen molar-refractivity contribution in [3.8, 4) is 0 Å². The molecule has 4 rings (SSSR count). The fraction of sp³-hybridized carbons (Fsp3) is 0.450. The number of benzene rings is 1. The molecule has 8 heteroatoms. The first-order chi connectivity index (χ1) is 13.5. The van der Waals surface area contributed by atoms with Crippen LogP contribution in [0.1, 0.15) is 37.5 Å². The van der Waals surface area contributed by atoms with Gasteiger partial charge in [0.15, 0.2) is 0 Å². The van der Waals surface area contributed by atoms with Gasteiger partial charge in [0.1, 0.15) is 5.82 Å². The van der Waals surface area contributed by atoms with Crippen LogP contribution in [0.15, 0.2) is 36.9 Å². The molecule has 1 amide bonds. The molecule has 1 aromatic carbocycles. The third kappa shape index (κ3) is 3.77. The molecule has 7 nitrogen and oxygen atoms in total. The van der Waals surface area contributed by atoms with Gasteiger partial charge in [0.05, 0.1) is 35.5 Å². The second-order valence-electron chi connectivity index (χ2n) is 7.42. The van der Waals surface area contributed by atoms with Crippen molar-refractivity contribution in [3.05, 3.63) is 47.8 Å². The minimum atomic E-state index is -0.606. The maximum Gasteiger partial charge on any atom is 0.223 e. The van der Waals surface area contributed by atoms with Crippen molar-refractivity contribution in [1.82, 2.24) is 24.4 Å². The number of aliphatic hydroxyl groups is 1. The normalized spacial score (nSPS) is 22.5. The highest BCUT2D eigenvalue weighted by Gasteiger charge is 2.36. The first-order valence-corrected chi connectivity index (χ1v) is 9.96. The van der Waals surface area contributed by atoms with Crippen LogP contribution in [0.25, 0.3) is 11.0 Å². The van der Waals surface area contributed by atoms with Gasteiger partial charge in [0.2, 0.25) is 5.91 Å². The van der Waals surface area contributed by atoms with Crippen molar-refractivity contribution < 1.29 is 9.90 Å². The number of amides is 1. The molecule has 0 spiro atoms. The number of hydrogen-bond donors (Lipinski definition) is 2. The molecule has 0 aliphatic heterocycles. The van der Waals surface area contributed by atoms with E-state index in [4.69, 9.17) is 11.6 Å². The van der Waals surface area contributed by atoms with Gasteiger partial charge in [-0.1, -0.05) is 11.6 Å². The van der Waals surface area contributed by atoms with E-state index in [1.54, 1.807) is 30.5 Å². The third-order valence-corrected chi connectivity index (χ3v) is 5.89. The molecule has 2 heterocycles. The lowest BCUT2D eigenvalue weighted by Gasteiger charge is -2.40. The maximum absolute atomic E-state index is 12.8. The lowest BCUT2D eigenvalue weighted by molar-refractivity contribution is -0.136. The molecule has 0 radical (unpaired) electrons. The van der Waals surface area contributed by atoms with E-state index in [0.29, 0.717) is 17.9 Å². The Morgan fingerprint density at radius 3 is 3.07 bits per heavy atom. The van der Waals surface area contributed by atoms with Crippen LogP contribution in [0.2, 0.25) is 5.02 Å². The maximum atomic E-state index is 12.8. The van der Waals surface area contributed by atoms with E-state index < -0.39 is 6.10 Å². The lowest BCUT2D eigenvalue weighted by atomic mass is 9.87. The van der Waals surface area contributed by atoms with Crippen LogP contribution in [0.5, 0.6) is 0 Å². The summed E-state index contributed by atoms with van der Waals surface area (Å²) in [6.07, 6.45) is 8.21. The number of aryl methyl sites for hydroxylation is 1. The van der Waals surface area contributed by atoms with Gasteiger partial charge in [-0.25, -0.2) is 9.97 Å². The van der Waals surface area contributed by atoms with Gasteiger partial charge in [-0.2, -0.15) is 0 Å². The van der Waals surface area contributed by atoms with Gasteiger partial charge in [0, 0.05) is 37.3 Å². The van der Waals surface area contributed by atoms with Crippen LogP contribution in [0, 0.1) is 0 Å². The highest BCUT2D eigenvalue weighted by Crippen LogP contribution is 2.31. The Labute approximate surface area is 168 Å². The zero-order valence-corrected chi connectivity index (χ0v) is 16.5. The monoisotopic (exact) mass is 401 g/mol. The number of aromatic amines is 1. The average Bonchev–Trinajstić information content (AvgIpc) is 3.35. The molecule has 2 N–H and O–H groups in total. The molecule has 28 heavy (non-hydrogen) atoms. The quantitative estimate of drug-likeness (QED) is 0.688. The van der Waals surface area contributed by atoms with Gasteiger partial charge in [0.25, 0.3) is 0 Å². The summed E-state index contributed by atoms with van der Waals surface area (Å²) in [6.45, 7) is 0. The Kier molecular flexibility index (Phi) is 5.37. The van der Waals surface area contributed by atoms with E-state index in [2.05, 4.69) is 15.0 Å². The highest BCUT2D eigenvalue weighted by molar-refractivity contribution is 6.31. The summed E-state index contributed by atoms with van der Waals surface area (Å²) in [5.41, 5.74) is 1.71. The Morgan fingerprint density at radius 1 is 1.43 bits per heavy atom. The summed E-state index contributed by atoms with van der Waals surface area (Å²) >= 11 is 6.01. The Bertz CT molecular complexity index is 955. The van der Waals surface area contributed by atoms with Crippen molar-refractivity contribution >= 4 is 28.5 Å². The lowest BCUT2D eigenvalue weighted by Crippen LogP contribution is -2.50. The largest absolute Gasteiger partial charge is 0.389 e. The number of halogens is 1. The first kappa shape index (κ1) is 19.0. The van der Waals surface area contributed by atoms with Crippen LogP contribution < -0.4 is 0 Å². The van der Waals surface area contributed by atoms with Gasteiger partial charge in [-0.15, -0.1) is 0 Å². The number of H-pyrrole nitrogens is 1. The zero-order valence-electron chi connectivity index (χ0n) is 15.8. The predicted molar refractivity (Wildman–Crippen MR) is 107 cm³/mol. The number of rotatable bonds is 5. The number of nitrogens with zero attached hydrogens (tertiary/aromatic N) is 4. The van der Waals surface area contributed by atoms with E-state index >= 15 is 0 Å². The van der Waals surface area contributed by atoms with Gasteiger partial charge >= 0.3 is 0 Å². The second-order valence-corrected chi connectivity index (χ2v) is 7.85. The summed E-state index contributed by atoms with van der Waals surface area (Å²) < 4.78 is 1.94. The minimum Gasteiger partial charge on any atom is -0.389 e. The number of imidazole rings is 2. The molecule has 0 unspecified atom stereocenters. The van der Waals surface area contributed by atoms with Crippen molar-refractivity contribution in [1.29, 1.82) is 0 Å². The molecule has 3 atom stereocenters. The van der Waals surface area contributed by atoms with Crippen molar-refractivity contribution in [2.75, 3.05) is 7.05 Å². The van der Waals surface area contributed by atoms with E-state index in [0.717, 1.165) is 36.1 Å². The summed E-state index contributed by atoms with van der Waals surface area (Å²) in [7, 11) is 1.78. The molecule has 1 saturated carbocycles. The van der Waals surface area contributed by atoms with E-state index in [9.17, 15) is 9.90 Å². The summed E-state index contributed by atoms with van der Waals surface area (Å²) in [5, 5.41) is 11.5. The topological polar surface area (TPSA) is 87.0 Å². The summed E-state index contributed by atoms with van der Waals surface area (Å²) in [6, 6.07) is 5.25. The molecule has 148 valence electrons. The van der Waals surface area contributed by atoms with E-state index in [1.165, 1.54) is 0 Å².